The minimum Gasteiger partial charge on any atom is -0.493 e. The first-order chi connectivity index (χ1) is 12.8. The molecule has 0 saturated carbocycles. The fraction of sp³-hybridized carbons (Fsp3) is 0.222. The number of halogens is 2. The van der Waals surface area contributed by atoms with Crippen molar-refractivity contribution in [3.8, 4) is 5.88 Å². The van der Waals surface area contributed by atoms with Crippen LogP contribution in [-0.4, -0.2) is 20.7 Å². The maximum absolute atomic E-state index is 10.6. The summed E-state index contributed by atoms with van der Waals surface area (Å²) in [7, 11) is 0. The highest BCUT2D eigenvalue weighted by Gasteiger charge is 2.19. The van der Waals surface area contributed by atoms with E-state index in [4.69, 9.17) is 45.3 Å². The Hall–Kier alpha value is -1.80. The number of aromatic hydroxyl groups is 1. The van der Waals surface area contributed by atoms with E-state index in [9.17, 15) is 9.90 Å². The number of nitrogens with zero attached hydrogens (tertiary/aromatic N) is 1. The Labute approximate surface area is 174 Å². The zero-order chi connectivity index (χ0) is 19.6. The fourth-order valence-corrected chi connectivity index (χ4v) is 4.19. The van der Waals surface area contributed by atoms with E-state index in [0.29, 0.717) is 37.6 Å². The zero-order valence-electron chi connectivity index (χ0n) is 13.9. The summed E-state index contributed by atoms with van der Waals surface area (Å²) in [6.45, 7) is 0.346. The number of hydrogen-bond donors (Lipinski definition) is 2. The molecule has 0 fully saturated rings. The minimum atomic E-state index is -0.878. The number of aromatic nitrogens is 1. The predicted octanol–water partition coefficient (Wildman–Crippen LogP) is 5.82. The Morgan fingerprint density at radius 2 is 2.15 bits per heavy atom. The van der Waals surface area contributed by atoms with Gasteiger partial charge in [-0.2, -0.15) is 0 Å². The van der Waals surface area contributed by atoms with E-state index in [-0.39, 0.29) is 18.4 Å². The van der Waals surface area contributed by atoms with E-state index in [1.165, 1.54) is 15.9 Å². The molecule has 1 aromatic carbocycles. The summed E-state index contributed by atoms with van der Waals surface area (Å²) in [4.78, 5) is 11.2. The summed E-state index contributed by atoms with van der Waals surface area (Å²) in [6, 6.07) is 5.31. The highest BCUT2D eigenvalue weighted by Crippen LogP contribution is 2.35. The smallest absolute Gasteiger partial charge is 0.303 e. The molecule has 5 nitrogen and oxygen atoms in total. The van der Waals surface area contributed by atoms with Crippen LogP contribution in [0.15, 0.2) is 36.1 Å². The number of aliphatic carboxylic acids is 1. The van der Waals surface area contributed by atoms with E-state index >= 15 is 0 Å². The number of rotatable bonds is 6. The molecule has 0 bridgehead atoms. The summed E-state index contributed by atoms with van der Waals surface area (Å²) in [5, 5.41) is 20.1. The second-order valence-electron chi connectivity index (χ2n) is 5.82. The topological polar surface area (TPSA) is 71.7 Å². The van der Waals surface area contributed by atoms with Crippen LogP contribution in [0.4, 0.5) is 0 Å². The van der Waals surface area contributed by atoms with Crippen LogP contribution in [0.5, 0.6) is 5.88 Å². The SMILES string of the molecule is O=C(O)CCCn1c(O)c(C=C2C=CC(c3ccc(Cl)c(Cl)c3)O2)sc1=S. The first-order valence-corrected chi connectivity index (χ1v) is 9.99. The second-order valence-corrected chi connectivity index (χ2v) is 8.31. The number of hydrogen-bond acceptors (Lipinski definition) is 5. The Morgan fingerprint density at radius 3 is 2.85 bits per heavy atom. The Morgan fingerprint density at radius 1 is 1.37 bits per heavy atom. The van der Waals surface area contributed by atoms with Crippen LogP contribution in [0.1, 0.15) is 29.4 Å². The molecular weight excluding hydrogens is 429 g/mol. The normalized spacial score (nSPS) is 17.4. The average molecular weight is 444 g/mol. The van der Waals surface area contributed by atoms with E-state index in [2.05, 4.69) is 0 Å². The molecule has 0 saturated heterocycles. The third-order valence-electron chi connectivity index (χ3n) is 3.91. The van der Waals surface area contributed by atoms with Gasteiger partial charge in [0.25, 0.3) is 0 Å². The van der Waals surface area contributed by atoms with Gasteiger partial charge in [-0.05, 0) is 48.5 Å². The summed E-state index contributed by atoms with van der Waals surface area (Å²) >= 11 is 18.5. The predicted molar refractivity (Wildman–Crippen MR) is 109 cm³/mol. The number of thiazole rings is 1. The standard InChI is InChI=1S/C18H15Cl2NO4S2/c19-12-5-3-10(8-13(12)20)14-6-4-11(25-14)9-15-17(24)21(18(26)27-15)7-1-2-16(22)23/h3-6,8-9,14,24H,1-2,7H2,(H,22,23). The van der Waals surface area contributed by atoms with Gasteiger partial charge < -0.3 is 14.9 Å². The van der Waals surface area contributed by atoms with Crippen LogP contribution in [0.3, 0.4) is 0 Å². The highest BCUT2D eigenvalue weighted by molar-refractivity contribution is 7.73. The minimum absolute atomic E-state index is 0.0119. The molecule has 2 N–H and O–H groups in total. The van der Waals surface area contributed by atoms with Crippen molar-refractivity contribution in [3.63, 3.8) is 0 Å². The fourth-order valence-electron chi connectivity index (χ4n) is 2.58. The molecular formula is C18H15Cl2NO4S2. The van der Waals surface area contributed by atoms with Gasteiger partial charge >= 0.3 is 5.97 Å². The first-order valence-electron chi connectivity index (χ1n) is 8.01. The second kappa shape index (κ2) is 8.48. The molecule has 1 aliphatic heterocycles. The number of benzene rings is 1. The van der Waals surface area contributed by atoms with Gasteiger partial charge in [0.05, 0.1) is 14.9 Å². The average Bonchev–Trinajstić information content (AvgIpc) is 3.17. The largest absolute Gasteiger partial charge is 0.493 e. The third kappa shape index (κ3) is 4.73. The van der Waals surface area contributed by atoms with Crippen LogP contribution in [0, 0.1) is 3.95 Å². The lowest BCUT2D eigenvalue weighted by Crippen LogP contribution is -2.01. The Bertz CT molecular complexity index is 994. The molecule has 1 aromatic heterocycles. The molecule has 27 heavy (non-hydrogen) atoms. The van der Waals surface area contributed by atoms with E-state index < -0.39 is 5.97 Å². The molecule has 9 heteroatoms. The van der Waals surface area contributed by atoms with E-state index in [0.717, 1.165) is 5.56 Å². The maximum atomic E-state index is 10.6. The van der Waals surface area contributed by atoms with Crippen molar-refractivity contribution in [2.24, 2.45) is 0 Å². The van der Waals surface area contributed by atoms with E-state index in [1.807, 2.05) is 18.2 Å². The number of ether oxygens (including phenoxy) is 1. The van der Waals surface area contributed by atoms with Crippen molar-refractivity contribution in [1.82, 2.24) is 4.57 Å². The summed E-state index contributed by atoms with van der Waals surface area (Å²) in [6.07, 6.45) is 5.51. The zero-order valence-corrected chi connectivity index (χ0v) is 17.0. The van der Waals surface area contributed by atoms with Gasteiger partial charge in [0, 0.05) is 19.0 Å². The highest BCUT2D eigenvalue weighted by atomic mass is 35.5. The molecule has 1 atom stereocenters. The number of carboxylic acids is 1. The molecule has 0 radical (unpaired) electrons. The lowest BCUT2D eigenvalue weighted by molar-refractivity contribution is -0.137. The van der Waals surface area contributed by atoms with Crippen molar-refractivity contribution in [1.29, 1.82) is 0 Å². The van der Waals surface area contributed by atoms with Crippen molar-refractivity contribution in [2.45, 2.75) is 25.5 Å². The number of carboxylic acid groups (broad SMARTS) is 1. The maximum Gasteiger partial charge on any atom is 0.303 e. The molecule has 3 rings (SSSR count). The van der Waals surface area contributed by atoms with Crippen LogP contribution >= 0.6 is 46.8 Å². The van der Waals surface area contributed by atoms with Gasteiger partial charge in [0.15, 0.2) is 3.95 Å². The van der Waals surface area contributed by atoms with Gasteiger partial charge in [0.1, 0.15) is 11.9 Å². The monoisotopic (exact) mass is 443 g/mol. The molecule has 142 valence electrons. The summed E-state index contributed by atoms with van der Waals surface area (Å²) in [5.41, 5.74) is 0.868. The third-order valence-corrected chi connectivity index (χ3v) is 6.03. The summed E-state index contributed by atoms with van der Waals surface area (Å²) in [5.74, 6) is -0.287. The van der Waals surface area contributed by atoms with Gasteiger partial charge in [-0.25, -0.2) is 0 Å². The van der Waals surface area contributed by atoms with Crippen LogP contribution in [0.2, 0.25) is 10.0 Å². The quantitative estimate of drug-likeness (QED) is 0.549. The Kier molecular flexibility index (Phi) is 6.26. The lowest BCUT2D eigenvalue weighted by Gasteiger charge is -2.11. The molecule has 0 amide bonds. The van der Waals surface area contributed by atoms with Crippen molar-refractivity contribution in [2.75, 3.05) is 0 Å². The molecule has 2 aromatic rings. The lowest BCUT2D eigenvalue weighted by atomic mass is 10.1. The van der Waals surface area contributed by atoms with Gasteiger partial charge in [0.2, 0.25) is 5.88 Å². The summed E-state index contributed by atoms with van der Waals surface area (Å²) < 4.78 is 7.90. The molecule has 1 aliphatic rings. The number of carbonyl (C=O) groups is 1. The first kappa shape index (κ1) is 19.9. The van der Waals surface area contributed by atoms with Crippen molar-refractivity contribution >= 4 is 58.8 Å². The number of allylic oxidation sites excluding steroid dienone is 1. The molecule has 0 spiro atoms. The van der Waals surface area contributed by atoms with Crippen LogP contribution in [0.25, 0.3) is 6.08 Å². The molecule has 1 unspecified atom stereocenters. The van der Waals surface area contributed by atoms with Gasteiger partial charge in [-0.3, -0.25) is 9.36 Å². The van der Waals surface area contributed by atoms with Gasteiger partial charge in [-0.15, -0.1) is 11.3 Å². The van der Waals surface area contributed by atoms with Gasteiger partial charge in [-0.1, -0.05) is 29.3 Å². The molecule has 0 aliphatic carbocycles. The van der Waals surface area contributed by atoms with E-state index in [1.54, 1.807) is 18.2 Å². The van der Waals surface area contributed by atoms with Crippen LogP contribution in [-0.2, 0) is 16.1 Å². The van der Waals surface area contributed by atoms with Crippen molar-refractivity contribution < 1.29 is 19.7 Å². The Balaban J connectivity index is 1.74. The van der Waals surface area contributed by atoms with Crippen molar-refractivity contribution in [3.05, 3.63) is 60.6 Å². The molecule has 2 heterocycles. The van der Waals surface area contributed by atoms with Crippen LogP contribution < -0.4 is 0 Å².